The predicted molar refractivity (Wildman–Crippen MR) is 92.5 cm³/mol. The first-order valence-electron chi connectivity index (χ1n) is 7.23. The van der Waals surface area contributed by atoms with Crippen molar-refractivity contribution in [1.29, 1.82) is 0 Å². The molecule has 22 heavy (non-hydrogen) atoms. The Kier molecular flexibility index (Phi) is 3.48. The van der Waals surface area contributed by atoms with Crippen LogP contribution in [0.15, 0.2) is 30.3 Å². The molecule has 5 nitrogen and oxygen atoms in total. The molecule has 1 aliphatic heterocycles. The average Bonchev–Trinajstić information content (AvgIpc) is 3.17. The summed E-state index contributed by atoms with van der Waals surface area (Å²) in [6.45, 7) is 2.18. The number of nitrogens with two attached hydrogens (primary N) is 1. The average molecular weight is 376 g/mol. The number of hydrogen-bond acceptors (Lipinski definition) is 5. The first kappa shape index (κ1) is 13.9. The molecule has 2 aromatic heterocycles. The fourth-order valence-corrected chi connectivity index (χ4v) is 5.16. The van der Waals surface area contributed by atoms with Crippen molar-refractivity contribution in [3.05, 3.63) is 35.1 Å². The quantitative estimate of drug-likeness (QED) is 0.550. The Morgan fingerprint density at radius 3 is 2.55 bits per heavy atom. The molecule has 112 valence electrons. The number of nitrogens with zero attached hydrogens (tertiary/aromatic N) is 4. The molecule has 3 aromatic rings. The van der Waals surface area contributed by atoms with Crippen LogP contribution in [0.4, 0.5) is 10.5 Å². The second kappa shape index (κ2) is 5.50. The fourth-order valence-electron chi connectivity index (χ4n) is 2.76. The van der Waals surface area contributed by atoms with E-state index in [0.29, 0.717) is 10.6 Å². The minimum atomic E-state index is 0.107. The molecule has 0 unspecified atom stereocenters. The van der Waals surface area contributed by atoms with Crippen LogP contribution >= 0.6 is 12.2 Å². The first-order chi connectivity index (χ1) is 10.7. The number of aromatic nitrogens is 3. The predicted octanol–water partition coefficient (Wildman–Crippen LogP) is 2.39. The molecule has 7 heteroatoms. The van der Waals surface area contributed by atoms with Crippen molar-refractivity contribution in [2.45, 2.75) is 12.8 Å². The summed E-state index contributed by atoms with van der Waals surface area (Å²) in [6.07, 6.45) is 2.48. The van der Waals surface area contributed by atoms with Gasteiger partial charge in [0.05, 0.1) is 0 Å². The van der Waals surface area contributed by atoms with Crippen LogP contribution in [-0.4, -0.2) is 42.1 Å². The monoisotopic (exact) mass is 377 g/mol. The molecule has 0 amide bonds. The Hall–Kier alpha value is -1.69. The topological polar surface area (TPSA) is 60.0 Å². The van der Waals surface area contributed by atoms with Crippen LogP contribution in [0.25, 0.3) is 15.6 Å². The van der Waals surface area contributed by atoms with Crippen molar-refractivity contribution >= 4 is 47.1 Å². The summed E-state index contributed by atoms with van der Waals surface area (Å²) in [5.74, 6) is 0.680. The molecule has 0 atom stereocenters. The Labute approximate surface area is 139 Å². The summed E-state index contributed by atoms with van der Waals surface area (Å²) in [4.78, 5) is 11.6. The Balaban J connectivity index is 1.91. The van der Waals surface area contributed by atoms with Crippen LogP contribution < -0.4 is 10.6 Å². The Bertz CT molecular complexity index is 880. The third-order valence-electron chi connectivity index (χ3n) is 3.86. The molecule has 2 N–H and O–H groups in total. The van der Waals surface area contributed by atoms with Crippen LogP contribution in [0, 0.1) is 4.77 Å². The maximum absolute atomic E-state index is 6.41. The number of rotatable bonds is 2. The van der Waals surface area contributed by atoms with Gasteiger partial charge < -0.3 is 0 Å². The summed E-state index contributed by atoms with van der Waals surface area (Å²) >= 11 is 5.54. The van der Waals surface area contributed by atoms with E-state index in [-0.39, 0.29) is 14.5 Å². The van der Waals surface area contributed by atoms with E-state index in [1.54, 1.807) is 0 Å². The van der Waals surface area contributed by atoms with Crippen LogP contribution in [0.1, 0.15) is 12.8 Å². The number of anilines is 2. The van der Waals surface area contributed by atoms with Gasteiger partial charge in [-0.1, -0.05) is 0 Å². The normalized spacial score (nSPS) is 14.8. The summed E-state index contributed by atoms with van der Waals surface area (Å²) in [6, 6.07) is 9.90. The van der Waals surface area contributed by atoms with Crippen molar-refractivity contribution in [3.8, 4) is 5.69 Å². The molecule has 1 fully saturated rings. The van der Waals surface area contributed by atoms with Gasteiger partial charge in [0.25, 0.3) is 0 Å². The number of para-hydroxylation sites is 1. The van der Waals surface area contributed by atoms with Gasteiger partial charge in [0.15, 0.2) is 0 Å². The van der Waals surface area contributed by atoms with Gasteiger partial charge in [-0.2, -0.15) is 0 Å². The number of hydrogen-bond donors (Lipinski definition) is 1. The summed E-state index contributed by atoms with van der Waals surface area (Å²) in [7, 11) is 0. The van der Waals surface area contributed by atoms with E-state index >= 15 is 0 Å². The maximum atomic E-state index is 6.41. The van der Waals surface area contributed by atoms with Gasteiger partial charge >= 0.3 is 139 Å². The fraction of sp³-hybridized carbons (Fsp3) is 0.267. The molecule has 1 saturated heterocycles. The van der Waals surface area contributed by atoms with Gasteiger partial charge in [-0.05, 0) is 0 Å². The molecule has 4 rings (SSSR count). The molecule has 0 spiro atoms. The first-order valence-corrected chi connectivity index (χ1v) is 9.35. The van der Waals surface area contributed by atoms with E-state index in [1.807, 2.05) is 34.9 Å². The zero-order valence-corrected chi connectivity index (χ0v) is 14.4. The SMILES string of the molecule is Nc1c2[se]c(N3CCCC3)nc2nc(=S)n1-c1ccccc1. The van der Waals surface area contributed by atoms with E-state index in [1.165, 1.54) is 12.8 Å². The minimum absolute atomic E-state index is 0.107. The molecular formula is C15H15N5SSe. The van der Waals surface area contributed by atoms with Crippen molar-refractivity contribution in [3.63, 3.8) is 0 Å². The molecular weight excluding hydrogens is 361 g/mol. The van der Waals surface area contributed by atoms with Crippen molar-refractivity contribution in [1.82, 2.24) is 14.5 Å². The van der Waals surface area contributed by atoms with Crippen LogP contribution in [0.5, 0.6) is 0 Å². The van der Waals surface area contributed by atoms with Crippen molar-refractivity contribution in [2.75, 3.05) is 23.7 Å². The second-order valence-corrected chi connectivity index (χ2v) is 7.71. The number of benzene rings is 1. The zero-order valence-electron chi connectivity index (χ0n) is 11.9. The standard InChI is InChI=1S/C15H15N5SSe/c16-12-11-13(18-15(22-11)19-8-4-5-9-19)17-14(21)20(12)10-6-2-1-3-7-10/h1-3,6-7H,4-5,8-9,16H2. The van der Waals surface area contributed by atoms with Crippen LogP contribution in [-0.2, 0) is 0 Å². The van der Waals surface area contributed by atoms with Gasteiger partial charge in [0.1, 0.15) is 0 Å². The summed E-state index contributed by atoms with van der Waals surface area (Å²) < 4.78 is 4.49. The van der Waals surface area contributed by atoms with E-state index in [0.717, 1.165) is 33.4 Å². The molecule has 1 aromatic carbocycles. The van der Waals surface area contributed by atoms with Gasteiger partial charge in [0.2, 0.25) is 0 Å². The van der Waals surface area contributed by atoms with Gasteiger partial charge in [0, 0.05) is 0 Å². The van der Waals surface area contributed by atoms with E-state index in [2.05, 4.69) is 14.9 Å². The summed E-state index contributed by atoms with van der Waals surface area (Å²) in [5.41, 5.74) is 8.08. The Morgan fingerprint density at radius 2 is 1.82 bits per heavy atom. The molecule has 0 aliphatic carbocycles. The third kappa shape index (κ3) is 2.26. The second-order valence-electron chi connectivity index (χ2n) is 5.29. The number of nitrogen functional groups attached to an aromatic ring is 1. The van der Waals surface area contributed by atoms with Crippen molar-refractivity contribution < 1.29 is 0 Å². The molecule has 0 bridgehead atoms. The summed E-state index contributed by atoms with van der Waals surface area (Å²) in [5, 5.41) is 0. The van der Waals surface area contributed by atoms with E-state index < -0.39 is 0 Å². The van der Waals surface area contributed by atoms with Crippen LogP contribution in [0.2, 0.25) is 0 Å². The van der Waals surface area contributed by atoms with E-state index in [4.69, 9.17) is 18.0 Å². The molecule has 1 aliphatic rings. The van der Waals surface area contributed by atoms with Crippen molar-refractivity contribution in [2.24, 2.45) is 0 Å². The van der Waals surface area contributed by atoms with Gasteiger partial charge in [-0.25, -0.2) is 0 Å². The Morgan fingerprint density at radius 1 is 1.09 bits per heavy atom. The molecule has 0 radical (unpaired) electrons. The third-order valence-corrected chi connectivity index (χ3v) is 6.50. The molecule has 3 heterocycles. The van der Waals surface area contributed by atoms with Gasteiger partial charge in [-0.15, -0.1) is 0 Å². The van der Waals surface area contributed by atoms with Gasteiger partial charge in [-0.3, -0.25) is 0 Å². The molecule has 0 saturated carbocycles. The number of fused-ring (bicyclic) bond motifs is 1. The van der Waals surface area contributed by atoms with E-state index in [9.17, 15) is 0 Å². The zero-order chi connectivity index (χ0) is 15.1. The van der Waals surface area contributed by atoms with Crippen LogP contribution in [0.3, 0.4) is 0 Å².